The normalized spacial score (nSPS) is 19.1. The van der Waals surface area contributed by atoms with Crippen LogP contribution in [0.2, 0.25) is 0 Å². The van der Waals surface area contributed by atoms with Crippen molar-refractivity contribution < 1.29 is 9.53 Å². The topological polar surface area (TPSA) is 52.3 Å². The summed E-state index contributed by atoms with van der Waals surface area (Å²) in [6.45, 7) is 6.68. The van der Waals surface area contributed by atoms with E-state index in [0.717, 1.165) is 0 Å². The lowest BCUT2D eigenvalue weighted by Gasteiger charge is -2.26. The van der Waals surface area contributed by atoms with Gasteiger partial charge in [-0.1, -0.05) is 17.7 Å². The third-order valence-electron chi connectivity index (χ3n) is 1.86. The Balaban J connectivity index is 4.37. The molecule has 0 heterocycles. The number of ether oxygens (including phenoxy) is 1. The van der Waals surface area contributed by atoms with Crippen LogP contribution in [0.25, 0.3) is 0 Å². The molecule has 0 aliphatic rings. The molecular formula is C9H16ClNO2. The van der Waals surface area contributed by atoms with Gasteiger partial charge in [0.15, 0.2) is 5.06 Å². The number of hydrogen-bond donors (Lipinski definition) is 1. The van der Waals surface area contributed by atoms with Crippen LogP contribution in [0.3, 0.4) is 0 Å². The molecular weight excluding hydrogens is 190 g/mol. The van der Waals surface area contributed by atoms with Crippen molar-refractivity contribution in [2.75, 3.05) is 0 Å². The highest BCUT2D eigenvalue weighted by atomic mass is 35.5. The second-order valence-corrected chi connectivity index (χ2v) is 3.89. The van der Waals surface area contributed by atoms with Gasteiger partial charge in [0.1, 0.15) is 0 Å². The third-order valence-corrected chi connectivity index (χ3v) is 2.28. The summed E-state index contributed by atoms with van der Waals surface area (Å²) in [5.74, 6) is -0.433. The highest BCUT2D eigenvalue weighted by Gasteiger charge is 2.30. The molecule has 0 aliphatic carbocycles. The fourth-order valence-electron chi connectivity index (χ4n) is 0.473. The summed E-state index contributed by atoms with van der Waals surface area (Å²) in [4.78, 5) is 11.3. The van der Waals surface area contributed by atoms with Gasteiger partial charge in [0, 0.05) is 5.57 Å². The summed E-state index contributed by atoms with van der Waals surface area (Å²) in [7, 11) is 0. The second-order valence-electron chi connectivity index (χ2n) is 3.14. The van der Waals surface area contributed by atoms with E-state index in [1.165, 1.54) is 0 Å². The quantitative estimate of drug-likeness (QED) is 0.434. The van der Waals surface area contributed by atoms with Crippen LogP contribution in [0.4, 0.5) is 0 Å². The number of alkyl halides is 1. The number of rotatable bonds is 3. The number of hydrogen-bond acceptors (Lipinski definition) is 3. The minimum Gasteiger partial charge on any atom is -0.438 e. The van der Waals surface area contributed by atoms with Gasteiger partial charge in [0.05, 0.1) is 6.04 Å². The number of halogens is 1. The molecule has 0 aromatic rings. The van der Waals surface area contributed by atoms with Gasteiger partial charge >= 0.3 is 5.97 Å². The van der Waals surface area contributed by atoms with Crippen molar-refractivity contribution in [3.8, 4) is 0 Å². The summed E-state index contributed by atoms with van der Waals surface area (Å²) in [5.41, 5.74) is 6.05. The molecule has 2 unspecified atom stereocenters. The van der Waals surface area contributed by atoms with Crippen LogP contribution in [0.15, 0.2) is 11.6 Å². The van der Waals surface area contributed by atoms with Crippen LogP contribution in [-0.2, 0) is 9.53 Å². The van der Waals surface area contributed by atoms with Crippen molar-refractivity contribution in [1.82, 2.24) is 0 Å². The molecule has 0 bridgehead atoms. The summed E-state index contributed by atoms with van der Waals surface area (Å²) in [6.07, 6.45) is 1.66. The molecule has 0 fully saturated rings. The molecule has 0 amide bonds. The van der Waals surface area contributed by atoms with Crippen molar-refractivity contribution in [3.05, 3.63) is 11.6 Å². The molecule has 13 heavy (non-hydrogen) atoms. The number of carbonyl (C=O) groups is 1. The maximum atomic E-state index is 11.3. The van der Waals surface area contributed by atoms with Gasteiger partial charge in [-0.25, -0.2) is 4.79 Å². The predicted octanol–water partition coefficient (Wildman–Crippen LogP) is 1.80. The maximum absolute atomic E-state index is 11.3. The smallest absolute Gasteiger partial charge is 0.335 e. The van der Waals surface area contributed by atoms with Gasteiger partial charge in [0.25, 0.3) is 0 Å². The zero-order chi connectivity index (χ0) is 10.6. The number of carbonyl (C=O) groups excluding carboxylic acids is 1. The van der Waals surface area contributed by atoms with E-state index < -0.39 is 17.1 Å². The molecule has 76 valence electrons. The van der Waals surface area contributed by atoms with E-state index in [0.29, 0.717) is 5.57 Å². The van der Waals surface area contributed by atoms with E-state index in [1.54, 1.807) is 33.8 Å². The summed E-state index contributed by atoms with van der Waals surface area (Å²) < 4.78 is 4.99. The number of esters is 1. The maximum Gasteiger partial charge on any atom is 0.335 e. The average molecular weight is 206 g/mol. The highest BCUT2D eigenvalue weighted by Crippen LogP contribution is 2.21. The minimum atomic E-state index is -1.14. The van der Waals surface area contributed by atoms with Crippen LogP contribution in [-0.4, -0.2) is 17.1 Å². The zero-order valence-electron chi connectivity index (χ0n) is 8.43. The highest BCUT2D eigenvalue weighted by molar-refractivity contribution is 6.23. The first-order valence-electron chi connectivity index (χ1n) is 4.12. The van der Waals surface area contributed by atoms with Gasteiger partial charge < -0.3 is 10.5 Å². The van der Waals surface area contributed by atoms with E-state index in [1.807, 2.05) is 0 Å². The molecule has 3 nitrogen and oxygen atoms in total. The largest absolute Gasteiger partial charge is 0.438 e. The van der Waals surface area contributed by atoms with Crippen LogP contribution in [0, 0.1) is 0 Å². The predicted molar refractivity (Wildman–Crippen MR) is 53.4 cm³/mol. The Morgan fingerprint density at radius 1 is 1.69 bits per heavy atom. The molecule has 2 N–H and O–H groups in total. The van der Waals surface area contributed by atoms with E-state index in [9.17, 15) is 4.79 Å². The molecule has 0 aliphatic heterocycles. The Labute approximate surface area is 83.9 Å². The fourth-order valence-corrected chi connectivity index (χ4v) is 0.543. The molecule has 0 spiro atoms. The van der Waals surface area contributed by atoms with Crippen molar-refractivity contribution in [2.24, 2.45) is 5.73 Å². The SMILES string of the molecule is C/C=C(\C)C(=O)OC(C)(Cl)C(C)N. The van der Waals surface area contributed by atoms with E-state index in [-0.39, 0.29) is 0 Å². The summed E-state index contributed by atoms with van der Waals surface area (Å²) in [6, 6.07) is -0.414. The molecule has 0 saturated heterocycles. The summed E-state index contributed by atoms with van der Waals surface area (Å²) >= 11 is 5.87. The van der Waals surface area contributed by atoms with Gasteiger partial charge in [-0.05, 0) is 27.7 Å². The standard InChI is InChI=1S/C9H16ClNO2/c1-5-6(2)8(12)13-9(4,10)7(3)11/h5,7H,11H2,1-4H3/b6-5+. The van der Waals surface area contributed by atoms with Gasteiger partial charge in [-0.3, -0.25) is 0 Å². The Kier molecular flexibility index (Phi) is 4.44. The first-order chi connectivity index (χ1) is 5.81. The van der Waals surface area contributed by atoms with Gasteiger partial charge in [-0.2, -0.15) is 0 Å². The van der Waals surface area contributed by atoms with Crippen molar-refractivity contribution in [1.29, 1.82) is 0 Å². The lowest BCUT2D eigenvalue weighted by molar-refractivity contribution is -0.147. The van der Waals surface area contributed by atoms with Crippen LogP contribution in [0.1, 0.15) is 27.7 Å². The Morgan fingerprint density at radius 3 is 2.46 bits per heavy atom. The zero-order valence-corrected chi connectivity index (χ0v) is 9.18. The van der Waals surface area contributed by atoms with Gasteiger partial charge in [0.2, 0.25) is 0 Å². The monoisotopic (exact) mass is 205 g/mol. The Morgan fingerprint density at radius 2 is 2.15 bits per heavy atom. The third kappa shape index (κ3) is 3.79. The van der Waals surface area contributed by atoms with E-state index >= 15 is 0 Å². The average Bonchev–Trinajstić information content (AvgIpc) is 2.01. The molecule has 2 atom stereocenters. The lowest BCUT2D eigenvalue weighted by atomic mass is 10.2. The molecule has 0 saturated carbocycles. The molecule has 0 rings (SSSR count). The molecule has 0 radical (unpaired) electrons. The van der Waals surface area contributed by atoms with Crippen LogP contribution in [0.5, 0.6) is 0 Å². The molecule has 4 heteroatoms. The fraction of sp³-hybridized carbons (Fsp3) is 0.667. The number of allylic oxidation sites excluding steroid dienone is 1. The Hall–Kier alpha value is -0.540. The van der Waals surface area contributed by atoms with Crippen LogP contribution < -0.4 is 5.73 Å². The minimum absolute atomic E-state index is 0.414. The first-order valence-corrected chi connectivity index (χ1v) is 4.49. The second kappa shape index (κ2) is 4.63. The van der Waals surface area contributed by atoms with Crippen LogP contribution >= 0.6 is 11.6 Å². The molecule has 0 aromatic heterocycles. The van der Waals surface area contributed by atoms with Crippen molar-refractivity contribution >= 4 is 17.6 Å². The van der Waals surface area contributed by atoms with E-state index in [2.05, 4.69) is 0 Å². The lowest BCUT2D eigenvalue weighted by Crippen LogP contribution is -2.42. The van der Waals surface area contributed by atoms with Gasteiger partial charge in [-0.15, -0.1) is 0 Å². The van der Waals surface area contributed by atoms with Crippen molar-refractivity contribution in [3.63, 3.8) is 0 Å². The molecule has 0 aromatic carbocycles. The Bertz CT molecular complexity index is 222. The first kappa shape index (κ1) is 12.5. The van der Waals surface area contributed by atoms with Crippen molar-refractivity contribution in [2.45, 2.75) is 38.8 Å². The summed E-state index contributed by atoms with van der Waals surface area (Å²) in [5, 5.41) is -1.14. The van der Waals surface area contributed by atoms with E-state index in [4.69, 9.17) is 22.1 Å². The number of nitrogens with two attached hydrogens (primary N) is 1.